The molecule has 2 aliphatic rings. The van der Waals surface area contributed by atoms with E-state index in [1.165, 1.54) is 12.5 Å². The lowest BCUT2D eigenvalue weighted by atomic mass is 9.93. The number of carbonyl (C=O) groups excluding carboxylic acids is 1. The van der Waals surface area contributed by atoms with Crippen LogP contribution in [-0.2, 0) is 26.6 Å². The first kappa shape index (κ1) is 26.6. The van der Waals surface area contributed by atoms with Crippen molar-refractivity contribution < 1.29 is 19.0 Å². The first-order chi connectivity index (χ1) is 18.4. The van der Waals surface area contributed by atoms with Crippen LogP contribution in [0.15, 0.2) is 36.7 Å². The predicted molar refractivity (Wildman–Crippen MR) is 143 cm³/mol. The molecule has 10 heteroatoms. The molecule has 0 saturated heterocycles. The molecular weight excluding hydrogens is 509 g/mol. The number of rotatable bonds is 11. The summed E-state index contributed by atoms with van der Waals surface area (Å²) in [7, 11) is 1.82. The normalized spacial score (nSPS) is 16.5. The number of aromatic nitrogens is 3. The van der Waals surface area contributed by atoms with E-state index < -0.39 is 11.9 Å². The number of hydrogen-bond acceptors (Lipinski definition) is 7. The standard InChI is InChI=1S/C28H33ClFN5O3/c1-34-20(8-11-32-34)17-38-26-14-24(30)28(29)22-9-12-35(16-23(22)26)15-21(36)5-6-25(37)18-7-10-31-27(13-18)33-19-3-2-4-19/h7-8,10-11,13-14,19,21,36H,2-6,9,12,15-17H2,1H3,(H,31,33)/t21-/m0/s1. The number of nitrogens with zero attached hydrogens (tertiary/aromatic N) is 4. The van der Waals surface area contributed by atoms with Crippen molar-refractivity contribution in [2.24, 2.45) is 7.05 Å². The van der Waals surface area contributed by atoms with Crippen LogP contribution in [-0.4, -0.2) is 55.8 Å². The highest BCUT2D eigenvalue weighted by molar-refractivity contribution is 6.31. The molecule has 5 rings (SSSR count). The number of β-amino-alcohol motifs (C(OH)–C–C–N with tert-alkyl or cyclic N) is 1. The molecule has 0 spiro atoms. The van der Waals surface area contributed by atoms with Gasteiger partial charge < -0.3 is 15.2 Å². The second-order valence-electron chi connectivity index (χ2n) is 10.2. The molecule has 0 unspecified atom stereocenters. The number of aliphatic hydroxyl groups is 1. The fourth-order valence-corrected chi connectivity index (χ4v) is 5.22. The SMILES string of the molecule is Cn1nccc1COc1cc(F)c(Cl)c2c1CN(C[C@@H](O)CCC(=O)c1ccnc(NC3CCC3)c1)CC2. The molecule has 38 heavy (non-hydrogen) atoms. The number of aliphatic hydroxyl groups excluding tert-OH is 1. The van der Waals surface area contributed by atoms with Crippen LogP contribution in [0.5, 0.6) is 5.75 Å². The zero-order valence-electron chi connectivity index (χ0n) is 21.5. The van der Waals surface area contributed by atoms with Gasteiger partial charge in [-0.1, -0.05) is 11.6 Å². The van der Waals surface area contributed by atoms with E-state index in [4.69, 9.17) is 16.3 Å². The van der Waals surface area contributed by atoms with Crippen molar-refractivity contribution in [3.05, 3.63) is 69.9 Å². The Morgan fingerprint density at radius 3 is 2.87 bits per heavy atom. The number of halogens is 2. The van der Waals surface area contributed by atoms with Gasteiger partial charge in [0.1, 0.15) is 24.0 Å². The van der Waals surface area contributed by atoms with Gasteiger partial charge in [-0.05, 0) is 55.9 Å². The number of benzene rings is 1. The summed E-state index contributed by atoms with van der Waals surface area (Å²) in [5.41, 5.74) is 3.04. The monoisotopic (exact) mass is 541 g/mol. The van der Waals surface area contributed by atoms with Crippen molar-refractivity contribution in [2.75, 3.05) is 18.4 Å². The maximum Gasteiger partial charge on any atom is 0.163 e. The zero-order chi connectivity index (χ0) is 26.6. The van der Waals surface area contributed by atoms with Gasteiger partial charge >= 0.3 is 0 Å². The highest BCUT2D eigenvalue weighted by Crippen LogP contribution is 2.36. The lowest BCUT2D eigenvalue weighted by Gasteiger charge is -2.32. The average Bonchev–Trinajstić information content (AvgIpc) is 3.30. The van der Waals surface area contributed by atoms with Crippen molar-refractivity contribution >= 4 is 23.2 Å². The molecule has 1 aliphatic carbocycles. The summed E-state index contributed by atoms with van der Waals surface area (Å²) in [4.78, 5) is 19.2. The maximum atomic E-state index is 14.5. The number of pyridine rings is 1. The number of fused-ring (bicyclic) bond motifs is 1. The van der Waals surface area contributed by atoms with Crippen molar-refractivity contribution in [1.29, 1.82) is 0 Å². The van der Waals surface area contributed by atoms with Crippen LogP contribution in [0.25, 0.3) is 0 Å². The van der Waals surface area contributed by atoms with Crippen molar-refractivity contribution in [3.63, 3.8) is 0 Å². The van der Waals surface area contributed by atoms with Gasteiger partial charge in [0.15, 0.2) is 5.78 Å². The lowest BCUT2D eigenvalue weighted by Crippen LogP contribution is -2.37. The van der Waals surface area contributed by atoms with E-state index in [-0.39, 0.29) is 23.8 Å². The van der Waals surface area contributed by atoms with E-state index in [1.54, 1.807) is 29.2 Å². The van der Waals surface area contributed by atoms with Crippen LogP contribution in [0.3, 0.4) is 0 Å². The molecule has 1 saturated carbocycles. The molecule has 0 bridgehead atoms. The number of hydrogen-bond donors (Lipinski definition) is 2. The van der Waals surface area contributed by atoms with Gasteiger partial charge in [-0.25, -0.2) is 9.37 Å². The average molecular weight is 542 g/mol. The summed E-state index contributed by atoms with van der Waals surface area (Å²) >= 11 is 6.30. The molecular formula is C28H33ClFN5O3. The Hall–Kier alpha value is -3.01. The second-order valence-corrected chi connectivity index (χ2v) is 10.5. The number of carbonyl (C=O) groups is 1. The summed E-state index contributed by atoms with van der Waals surface area (Å²) in [5, 5.41) is 18.4. The topological polar surface area (TPSA) is 92.5 Å². The molecule has 0 amide bonds. The number of anilines is 1. The molecule has 1 aromatic carbocycles. The molecule has 202 valence electrons. The van der Waals surface area contributed by atoms with Crippen LogP contribution < -0.4 is 10.1 Å². The fraction of sp³-hybridized carbons (Fsp3) is 0.464. The van der Waals surface area contributed by atoms with Gasteiger partial charge in [0, 0.05) is 68.7 Å². The Labute approximate surface area is 226 Å². The minimum absolute atomic E-state index is 0.0137. The second kappa shape index (κ2) is 11.8. The highest BCUT2D eigenvalue weighted by Gasteiger charge is 2.26. The van der Waals surface area contributed by atoms with Gasteiger partial charge in [0.25, 0.3) is 0 Å². The van der Waals surface area contributed by atoms with Crippen LogP contribution in [0.1, 0.15) is 59.3 Å². The third-order valence-corrected chi connectivity index (χ3v) is 7.87. The molecule has 2 aromatic heterocycles. The number of ketones is 1. The summed E-state index contributed by atoms with van der Waals surface area (Å²) in [6, 6.07) is 7.14. The quantitative estimate of drug-likeness (QED) is 0.344. The smallest absolute Gasteiger partial charge is 0.163 e. The third kappa shape index (κ3) is 6.17. The number of nitrogens with one attached hydrogen (secondary N) is 1. The predicted octanol–water partition coefficient (Wildman–Crippen LogP) is 4.53. The van der Waals surface area contributed by atoms with Crippen LogP contribution >= 0.6 is 11.6 Å². The fourth-order valence-electron chi connectivity index (χ4n) is 4.95. The van der Waals surface area contributed by atoms with Gasteiger partial charge in [-0.15, -0.1) is 0 Å². The summed E-state index contributed by atoms with van der Waals surface area (Å²) < 4.78 is 22.2. The number of ether oxygens (including phenoxy) is 1. The van der Waals surface area contributed by atoms with E-state index in [0.717, 1.165) is 35.5 Å². The summed E-state index contributed by atoms with van der Waals surface area (Å²) in [6.45, 7) is 1.75. The molecule has 0 radical (unpaired) electrons. The van der Waals surface area contributed by atoms with Gasteiger partial charge in [-0.2, -0.15) is 5.10 Å². The van der Waals surface area contributed by atoms with E-state index in [2.05, 4.69) is 20.3 Å². The van der Waals surface area contributed by atoms with Gasteiger partial charge in [-0.3, -0.25) is 14.4 Å². The largest absolute Gasteiger partial charge is 0.487 e. The van der Waals surface area contributed by atoms with E-state index in [1.807, 2.05) is 13.1 Å². The molecule has 1 aliphatic heterocycles. The summed E-state index contributed by atoms with van der Waals surface area (Å²) in [5.74, 6) is 0.658. The number of aryl methyl sites for hydroxylation is 1. The molecule has 8 nitrogen and oxygen atoms in total. The Morgan fingerprint density at radius 2 is 2.13 bits per heavy atom. The molecule has 1 fully saturated rings. The first-order valence-corrected chi connectivity index (χ1v) is 13.5. The molecule has 1 atom stereocenters. The zero-order valence-corrected chi connectivity index (χ0v) is 22.3. The van der Waals surface area contributed by atoms with Crippen LogP contribution in [0.2, 0.25) is 5.02 Å². The van der Waals surface area contributed by atoms with Crippen LogP contribution in [0, 0.1) is 5.82 Å². The van der Waals surface area contributed by atoms with Crippen molar-refractivity contribution in [2.45, 2.75) is 63.8 Å². The lowest BCUT2D eigenvalue weighted by molar-refractivity contribution is 0.0833. The Kier molecular flexibility index (Phi) is 8.26. The molecule has 2 N–H and O–H groups in total. The Bertz CT molecular complexity index is 1300. The molecule has 3 heterocycles. The Balaban J connectivity index is 1.17. The minimum Gasteiger partial charge on any atom is -0.487 e. The first-order valence-electron chi connectivity index (χ1n) is 13.1. The minimum atomic E-state index is -0.676. The van der Waals surface area contributed by atoms with E-state index in [0.29, 0.717) is 49.8 Å². The van der Waals surface area contributed by atoms with E-state index in [9.17, 15) is 14.3 Å². The van der Waals surface area contributed by atoms with Gasteiger partial charge in [0.2, 0.25) is 0 Å². The van der Waals surface area contributed by atoms with Crippen LogP contribution in [0.4, 0.5) is 10.2 Å². The highest BCUT2D eigenvalue weighted by atomic mass is 35.5. The van der Waals surface area contributed by atoms with Crippen molar-refractivity contribution in [3.8, 4) is 5.75 Å². The maximum absolute atomic E-state index is 14.5. The van der Waals surface area contributed by atoms with Crippen molar-refractivity contribution in [1.82, 2.24) is 19.7 Å². The Morgan fingerprint density at radius 1 is 1.29 bits per heavy atom. The molecule has 3 aromatic rings. The van der Waals surface area contributed by atoms with E-state index >= 15 is 0 Å². The third-order valence-electron chi connectivity index (χ3n) is 7.46. The number of Topliss-reactive ketones (excluding diaryl/α,β-unsaturated/α-hetero) is 1. The summed E-state index contributed by atoms with van der Waals surface area (Å²) in [6.07, 6.45) is 7.29. The van der Waals surface area contributed by atoms with Gasteiger partial charge in [0.05, 0.1) is 16.8 Å².